The van der Waals surface area contributed by atoms with Crippen LogP contribution in [-0.4, -0.2) is 50.3 Å². The standard InChI is InChI=1S/C47H42F12N2O3/c1-28-18-29(26-60-16-8-14-39(60)42(63,31-10-4-2-5-11-31)32-12-6-3-7-13-32)41(62)30(19-28)27-61-17-9-15-40(61)43(64,33-20-35(44(48,49)50)24-36(21-33)45(51,52)53)34-22-37(46(54,55)56)25-38(23-34)47(57,58)59/h2-7,10-13,18-25,39-40,62-64H,8-9,14-17,26-27H2,1H3/t39-,40-/m0/s1. The molecule has 2 fully saturated rings. The number of nitrogens with zero attached hydrogens (tertiary/aromatic N) is 2. The molecule has 5 aromatic rings. The highest BCUT2D eigenvalue weighted by Crippen LogP contribution is 2.49. The van der Waals surface area contributed by atoms with Crippen LogP contribution in [-0.2, 0) is 49.0 Å². The first-order valence-electron chi connectivity index (χ1n) is 20.3. The van der Waals surface area contributed by atoms with Crippen molar-refractivity contribution >= 4 is 0 Å². The number of halogens is 12. The van der Waals surface area contributed by atoms with Gasteiger partial charge in [-0.05, 0) is 104 Å². The van der Waals surface area contributed by atoms with Crippen LogP contribution in [0.5, 0.6) is 5.75 Å². The van der Waals surface area contributed by atoms with Crippen LogP contribution >= 0.6 is 0 Å². The SMILES string of the molecule is Cc1cc(CN2CCC[C@H]2C(O)(c2ccccc2)c2ccccc2)c(O)c(CN2CCC[C@H]2C(O)(c2cc(C(F)(F)F)cc(C(F)(F)F)c2)c2cc(C(F)(F)F)cc(C(F)(F)F)c2)c1. The summed E-state index contributed by atoms with van der Waals surface area (Å²) < 4.78 is 171. The van der Waals surface area contributed by atoms with E-state index in [0.29, 0.717) is 41.6 Å². The van der Waals surface area contributed by atoms with E-state index in [0.717, 1.165) is 0 Å². The van der Waals surface area contributed by atoms with Gasteiger partial charge in [0.2, 0.25) is 0 Å². The van der Waals surface area contributed by atoms with Crippen molar-refractivity contribution in [3.05, 3.63) is 170 Å². The van der Waals surface area contributed by atoms with E-state index in [1.807, 2.05) is 41.3 Å². The van der Waals surface area contributed by atoms with E-state index in [2.05, 4.69) is 0 Å². The Hall–Kier alpha value is -5.10. The van der Waals surface area contributed by atoms with E-state index < -0.39 is 81.4 Å². The number of phenols is 1. The van der Waals surface area contributed by atoms with Crippen molar-refractivity contribution in [2.24, 2.45) is 0 Å². The van der Waals surface area contributed by atoms with Gasteiger partial charge < -0.3 is 15.3 Å². The number of aliphatic hydroxyl groups is 2. The molecule has 0 saturated carbocycles. The molecule has 5 aromatic carbocycles. The lowest BCUT2D eigenvalue weighted by molar-refractivity contribution is -0.144. The second-order valence-electron chi connectivity index (χ2n) is 16.5. The van der Waals surface area contributed by atoms with Crippen LogP contribution in [0.25, 0.3) is 0 Å². The molecule has 2 atom stereocenters. The summed E-state index contributed by atoms with van der Waals surface area (Å²) in [6, 6.07) is 19.0. The summed E-state index contributed by atoms with van der Waals surface area (Å²) in [4.78, 5) is 3.33. The Bertz CT molecular complexity index is 2270. The first-order chi connectivity index (χ1) is 29.8. The molecule has 2 saturated heterocycles. The van der Waals surface area contributed by atoms with Gasteiger partial charge in [-0.2, -0.15) is 52.7 Å². The number of hydrogen-bond donors (Lipinski definition) is 3. The van der Waals surface area contributed by atoms with Gasteiger partial charge in [0.25, 0.3) is 0 Å². The summed E-state index contributed by atoms with van der Waals surface area (Å²) in [5, 5.41) is 37.3. The maximum Gasteiger partial charge on any atom is 0.416 e. The summed E-state index contributed by atoms with van der Waals surface area (Å²) >= 11 is 0. The summed E-state index contributed by atoms with van der Waals surface area (Å²) in [5.74, 6) is -0.287. The molecule has 2 aliphatic rings. The fourth-order valence-corrected chi connectivity index (χ4v) is 9.43. The molecule has 0 spiro atoms. The van der Waals surface area contributed by atoms with Crippen molar-refractivity contribution in [2.75, 3.05) is 13.1 Å². The van der Waals surface area contributed by atoms with E-state index in [-0.39, 0.29) is 80.2 Å². The molecule has 0 bridgehead atoms. The fourth-order valence-electron chi connectivity index (χ4n) is 9.43. The normalized spacial score (nSPS) is 18.5. The quantitative estimate of drug-likeness (QED) is 0.122. The monoisotopic (exact) mass is 910 g/mol. The Kier molecular flexibility index (Phi) is 12.5. The first kappa shape index (κ1) is 46.9. The number of benzene rings is 5. The molecule has 0 radical (unpaired) electrons. The van der Waals surface area contributed by atoms with Crippen molar-refractivity contribution in [1.82, 2.24) is 9.80 Å². The average Bonchev–Trinajstić information content (AvgIpc) is 3.91. The largest absolute Gasteiger partial charge is 0.507 e. The van der Waals surface area contributed by atoms with Crippen molar-refractivity contribution in [3.63, 3.8) is 0 Å². The van der Waals surface area contributed by atoms with E-state index in [9.17, 15) is 68.0 Å². The van der Waals surface area contributed by atoms with Crippen molar-refractivity contribution in [1.29, 1.82) is 0 Å². The lowest BCUT2D eigenvalue weighted by Gasteiger charge is -2.41. The van der Waals surface area contributed by atoms with Gasteiger partial charge in [-0.1, -0.05) is 78.4 Å². The van der Waals surface area contributed by atoms with Crippen LogP contribution in [0.3, 0.4) is 0 Å². The van der Waals surface area contributed by atoms with Crippen LogP contribution in [0, 0.1) is 6.92 Å². The summed E-state index contributed by atoms with van der Waals surface area (Å²) in [6.07, 6.45) is -21.0. The highest BCUT2D eigenvalue weighted by Gasteiger charge is 2.51. The van der Waals surface area contributed by atoms with Crippen molar-refractivity contribution in [2.45, 2.75) is 93.7 Å². The van der Waals surface area contributed by atoms with Crippen LogP contribution in [0.2, 0.25) is 0 Å². The Morgan fingerprint density at radius 3 is 1.06 bits per heavy atom. The van der Waals surface area contributed by atoms with Gasteiger partial charge in [-0.25, -0.2) is 0 Å². The Balaban J connectivity index is 1.32. The zero-order chi connectivity index (χ0) is 46.6. The van der Waals surface area contributed by atoms with E-state index in [1.54, 1.807) is 37.3 Å². The second kappa shape index (κ2) is 17.0. The molecule has 0 aromatic heterocycles. The van der Waals surface area contributed by atoms with Gasteiger partial charge in [0.1, 0.15) is 17.0 Å². The molecular formula is C47H42F12N2O3. The predicted octanol–water partition coefficient (Wildman–Crippen LogP) is 11.6. The predicted molar refractivity (Wildman–Crippen MR) is 211 cm³/mol. The molecular weight excluding hydrogens is 869 g/mol. The number of alkyl halides is 12. The Morgan fingerprint density at radius 2 is 0.750 bits per heavy atom. The van der Waals surface area contributed by atoms with Crippen molar-refractivity contribution < 1.29 is 68.0 Å². The number of aromatic hydroxyl groups is 1. The molecule has 5 nitrogen and oxygen atoms in total. The van der Waals surface area contributed by atoms with Gasteiger partial charge in [-0.15, -0.1) is 0 Å². The second-order valence-corrected chi connectivity index (χ2v) is 16.5. The van der Waals surface area contributed by atoms with Gasteiger partial charge in [0.05, 0.1) is 22.3 Å². The van der Waals surface area contributed by atoms with Crippen LogP contribution in [0.15, 0.2) is 109 Å². The molecule has 0 unspecified atom stereocenters. The van der Waals surface area contributed by atoms with E-state index in [4.69, 9.17) is 0 Å². The smallest absolute Gasteiger partial charge is 0.416 e. The lowest BCUT2D eigenvalue weighted by Crippen LogP contribution is -2.48. The molecule has 0 amide bonds. The number of phenolic OH excluding ortho intramolecular Hbond substituents is 1. The van der Waals surface area contributed by atoms with Crippen molar-refractivity contribution in [3.8, 4) is 5.75 Å². The number of aryl methyl sites for hydroxylation is 1. The van der Waals surface area contributed by atoms with Crippen LogP contribution in [0.4, 0.5) is 52.7 Å². The number of rotatable bonds is 10. The third kappa shape index (κ3) is 9.22. The maximum absolute atomic E-state index is 14.2. The molecule has 64 heavy (non-hydrogen) atoms. The average molecular weight is 911 g/mol. The van der Waals surface area contributed by atoms with Gasteiger partial charge in [-0.3, -0.25) is 9.80 Å². The number of likely N-dealkylation sites (tertiary alicyclic amines) is 2. The highest BCUT2D eigenvalue weighted by molar-refractivity contribution is 5.49. The third-order valence-electron chi connectivity index (χ3n) is 12.3. The van der Waals surface area contributed by atoms with Crippen LogP contribution in [0.1, 0.15) is 86.9 Å². The Morgan fingerprint density at radius 1 is 0.453 bits per heavy atom. The molecule has 0 aliphatic carbocycles. The van der Waals surface area contributed by atoms with Crippen LogP contribution < -0.4 is 0 Å². The summed E-state index contributed by atoms with van der Waals surface area (Å²) in [7, 11) is 0. The fraction of sp³-hybridized carbons (Fsp3) is 0.362. The minimum absolute atomic E-state index is 0.0512. The Labute approximate surface area is 360 Å². The summed E-state index contributed by atoms with van der Waals surface area (Å²) in [5.41, 5.74) is -12.8. The highest BCUT2D eigenvalue weighted by atomic mass is 19.4. The van der Waals surface area contributed by atoms with Gasteiger partial charge >= 0.3 is 24.7 Å². The molecule has 342 valence electrons. The minimum Gasteiger partial charge on any atom is -0.507 e. The molecule has 17 heteroatoms. The minimum atomic E-state index is -5.49. The zero-order valence-corrected chi connectivity index (χ0v) is 34.0. The van der Waals surface area contributed by atoms with Gasteiger partial charge in [0, 0.05) is 36.3 Å². The molecule has 2 aliphatic heterocycles. The number of hydrogen-bond acceptors (Lipinski definition) is 5. The molecule has 7 rings (SSSR count). The van der Waals surface area contributed by atoms with E-state index in [1.165, 1.54) is 11.0 Å². The summed E-state index contributed by atoms with van der Waals surface area (Å²) in [6.45, 7) is 1.82. The molecule has 3 N–H and O–H groups in total. The zero-order valence-electron chi connectivity index (χ0n) is 34.0. The lowest BCUT2D eigenvalue weighted by atomic mass is 9.76. The topological polar surface area (TPSA) is 67.2 Å². The third-order valence-corrected chi connectivity index (χ3v) is 12.3. The van der Waals surface area contributed by atoms with E-state index >= 15 is 0 Å². The molecule has 2 heterocycles. The first-order valence-corrected chi connectivity index (χ1v) is 20.3. The van der Waals surface area contributed by atoms with Gasteiger partial charge in [0.15, 0.2) is 0 Å². The maximum atomic E-state index is 14.2.